The van der Waals surface area contributed by atoms with Crippen LogP contribution in [0.3, 0.4) is 0 Å². The maximum atomic E-state index is 3.74. The third kappa shape index (κ3) is 2.50. The molecule has 2 aliphatic rings. The average Bonchev–Trinajstić information content (AvgIpc) is 2.71. The van der Waals surface area contributed by atoms with Crippen molar-refractivity contribution in [3.8, 4) is 0 Å². The van der Waals surface area contributed by atoms with Crippen LogP contribution >= 0.6 is 0 Å². The SMILES string of the molecule is CC1CCCC(CNC2CC2(C)C)C1. The standard InChI is InChI=1S/C13H25N/c1-10-5-4-6-11(7-10)9-14-12-8-13(12,2)3/h10-12,14H,4-9H2,1-3H3. The molecule has 1 nitrogen and oxygen atoms in total. The molecule has 0 aliphatic heterocycles. The zero-order valence-electron chi connectivity index (χ0n) is 9.97. The predicted molar refractivity (Wildman–Crippen MR) is 61.3 cm³/mol. The van der Waals surface area contributed by atoms with Gasteiger partial charge < -0.3 is 5.32 Å². The number of nitrogens with one attached hydrogen (secondary N) is 1. The van der Waals surface area contributed by atoms with Crippen LogP contribution in [0.5, 0.6) is 0 Å². The lowest BCUT2D eigenvalue weighted by molar-refractivity contribution is 0.271. The monoisotopic (exact) mass is 195 g/mol. The molecule has 0 saturated heterocycles. The molecule has 2 saturated carbocycles. The maximum absolute atomic E-state index is 3.74. The second-order valence-electron chi connectivity index (χ2n) is 6.29. The summed E-state index contributed by atoms with van der Waals surface area (Å²) in [5.74, 6) is 1.94. The molecule has 14 heavy (non-hydrogen) atoms. The number of hydrogen-bond donors (Lipinski definition) is 1. The maximum Gasteiger partial charge on any atom is 0.0125 e. The molecule has 0 radical (unpaired) electrons. The van der Waals surface area contributed by atoms with Gasteiger partial charge in [0.1, 0.15) is 0 Å². The molecule has 0 aromatic rings. The van der Waals surface area contributed by atoms with Gasteiger partial charge in [0.15, 0.2) is 0 Å². The highest BCUT2D eigenvalue weighted by molar-refractivity contribution is 5.01. The van der Waals surface area contributed by atoms with Crippen molar-refractivity contribution >= 4 is 0 Å². The molecule has 0 bridgehead atoms. The normalized spacial score (nSPS) is 40.9. The molecule has 3 unspecified atom stereocenters. The van der Waals surface area contributed by atoms with Crippen LogP contribution in [0.4, 0.5) is 0 Å². The molecule has 3 atom stereocenters. The fourth-order valence-electron chi connectivity index (χ4n) is 2.87. The first kappa shape index (κ1) is 10.5. The molecule has 0 aromatic heterocycles. The zero-order valence-corrected chi connectivity index (χ0v) is 9.97. The van der Waals surface area contributed by atoms with E-state index in [1.165, 1.54) is 38.6 Å². The molecule has 0 heterocycles. The van der Waals surface area contributed by atoms with E-state index < -0.39 is 0 Å². The molecule has 2 rings (SSSR count). The molecule has 2 aliphatic carbocycles. The predicted octanol–water partition coefficient (Wildman–Crippen LogP) is 3.20. The van der Waals surface area contributed by atoms with Crippen LogP contribution in [0.15, 0.2) is 0 Å². The van der Waals surface area contributed by atoms with Gasteiger partial charge in [-0.3, -0.25) is 0 Å². The Morgan fingerprint density at radius 3 is 2.57 bits per heavy atom. The summed E-state index contributed by atoms with van der Waals surface area (Å²) in [5, 5.41) is 3.74. The summed E-state index contributed by atoms with van der Waals surface area (Å²) in [6, 6.07) is 0.819. The Morgan fingerprint density at radius 1 is 1.29 bits per heavy atom. The fraction of sp³-hybridized carbons (Fsp3) is 1.00. The lowest BCUT2D eigenvalue weighted by Gasteiger charge is -2.27. The van der Waals surface area contributed by atoms with Gasteiger partial charge in [-0.1, -0.05) is 33.6 Å². The summed E-state index contributed by atoms with van der Waals surface area (Å²) in [4.78, 5) is 0. The van der Waals surface area contributed by atoms with Crippen molar-refractivity contribution in [1.82, 2.24) is 5.32 Å². The summed E-state index contributed by atoms with van der Waals surface area (Å²) in [5.41, 5.74) is 0.598. The number of hydrogen-bond acceptors (Lipinski definition) is 1. The highest BCUT2D eigenvalue weighted by atomic mass is 15.0. The second kappa shape index (κ2) is 3.84. The summed E-state index contributed by atoms with van der Waals surface area (Å²) < 4.78 is 0. The van der Waals surface area contributed by atoms with Gasteiger partial charge in [-0.15, -0.1) is 0 Å². The van der Waals surface area contributed by atoms with Crippen molar-refractivity contribution in [3.05, 3.63) is 0 Å². The molecule has 0 spiro atoms. The van der Waals surface area contributed by atoms with E-state index in [0.717, 1.165) is 17.9 Å². The van der Waals surface area contributed by atoms with E-state index in [-0.39, 0.29) is 0 Å². The molecular weight excluding hydrogens is 170 g/mol. The average molecular weight is 195 g/mol. The third-order valence-corrected chi connectivity index (χ3v) is 4.21. The van der Waals surface area contributed by atoms with Gasteiger partial charge >= 0.3 is 0 Å². The molecule has 0 aromatic carbocycles. The Bertz CT molecular complexity index is 197. The first-order chi connectivity index (χ1) is 6.58. The Kier molecular flexibility index (Phi) is 2.88. The molecular formula is C13H25N. The summed E-state index contributed by atoms with van der Waals surface area (Å²) in [6.07, 6.45) is 7.23. The van der Waals surface area contributed by atoms with Crippen LogP contribution in [0.25, 0.3) is 0 Å². The third-order valence-electron chi connectivity index (χ3n) is 4.21. The first-order valence-electron chi connectivity index (χ1n) is 6.31. The minimum absolute atomic E-state index is 0.598. The molecule has 82 valence electrons. The van der Waals surface area contributed by atoms with Gasteiger partial charge in [0.05, 0.1) is 0 Å². The van der Waals surface area contributed by atoms with E-state index in [1.807, 2.05) is 0 Å². The molecule has 0 amide bonds. The lowest BCUT2D eigenvalue weighted by Crippen LogP contribution is -2.29. The number of rotatable bonds is 3. The smallest absolute Gasteiger partial charge is 0.0125 e. The van der Waals surface area contributed by atoms with Gasteiger partial charge in [-0.2, -0.15) is 0 Å². The van der Waals surface area contributed by atoms with E-state index in [0.29, 0.717) is 5.41 Å². The lowest BCUT2D eigenvalue weighted by atomic mass is 9.82. The van der Waals surface area contributed by atoms with Crippen LogP contribution < -0.4 is 5.32 Å². The van der Waals surface area contributed by atoms with Crippen molar-refractivity contribution in [2.24, 2.45) is 17.3 Å². The highest BCUT2D eigenvalue weighted by Crippen LogP contribution is 2.44. The Labute approximate surface area is 88.7 Å². The second-order valence-corrected chi connectivity index (χ2v) is 6.29. The topological polar surface area (TPSA) is 12.0 Å². The summed E-state index contributed by atoms with van der Waals surface area (Å²) >= 11 is 0. The van der Waals surface area contributed by atoms with E-state index >= 15 is 0 Å². The minimum atomic E-state index is 0.598. The zero-order chi connectivity index (χ0) is 10.2. The van der Waals surface area contributed by atoms with Crippen LogP contribution in [-0.4, -0.2) is 12.6 Å². The van der Waals surface area contributed by atoms with E-state index in [2.05, 4.69) is 26.1 Å². The van der Waals surface area contributed by atoms with E-state index in [9.17, 15) is 0 Å². The van der Waals surface area contributed by atoms with Gasteiger partial charge in [0, 0.05) is 6.04 Å². The van der Waals surface area contributed by atoms with Gasteiger partial charge in [0.2, 0.25) is 0 Å². The van der Waals surface area contributed by atoms with E-state index in [1.54, 1.807) is 0 Å². The van der Waals surface area contributed by atoms with Crippen LogP contribution in [-0.2, 0) is 0 Å². The van der Waals surface area contributed by atoms with Crippen molar-refractivity contribution in [2.75, 3.05) is 6.54 Å². The summed E-state index contributed by atoms with van der Waals surface area (Å²) in [7, 11) is 0. The van der Waals surface area contributed by atoms with Crippen molar-refractivity contribution in [3.63, 3.8) is 0 Å². The minimum Gasteiger partial charge on any atom is -0.313 e. The van der Waals surface area contributed by atoms with E-state index in [4.69, 9.17) is 0 Å². The fourth-order valence-corrected chi connectivity index (χ4v) is 2.87. The van der Waals surface area contributed by atoms with Crippen LogP contribution in [0.1, 0.15) is 52.9 Å². The van der Waals surface area contributed by atoms with Gasteiger partial charge in [-0.05, 0) is 43.1 Å². The van der Waals surface area contributed by atoms with Gasteiger partial charge in [-0.25, -0.2) is 0 Å². The molecule has 1 heteroatoms. The van der Waals surface area contributed by atoms with Crippen LogP contribution in [0.2, 0.25) is 0 Å². The van der Waals surface area contributed by atoms with Crippen molar-refractivity contribution in [2.45, 2.75) is 58.9 Å². The largest absolute Gasteiger partial charge is 0.313 e. The van der Waals surface area contributed by atoms with Crippen molar-refractivity contribution < 1.29 is 0 Å². The quantitative estimate of drug-likeness (QED) is 0.729. The Balaban J connectivity index is 1.66. The summed E-state index contributed by atoms with van der Waals surface area (Å²) in [6.45, 7) is 8.42. The Morgan fingerprint density at radius 2 is 2.00 bits per heavy atom. The van der Waals surface area contributed by atoms with Gasteiger partial charge in [0.25, 0.3) is 0 Å². The molecule has 2 fully saturated rings. The van der Waals surface area contributed by atoms with Crippen LogP contribution in [0, 0.1) is 17.3 Å². The van der Waals surface area contributed by atoms with Crippen molar-refractivity contribution in [1.29, 1.82) is 0 Å². The highest BCUT2D eigenvalue weighted by Gasteiger charge is 2.45. The first-order valence-corrected chi connectivity index (χ1v) is 6.31. The Hall–Kier alpha value is -0.0400. The molecule has 1 N–H and O–H groups in total.